The van der Waals surface area contributed by atoms with Crippen molar-refractivity contribution in [3.63, 3.8) is 0 Å². The van der Waals surface area contributed by atoms with Gasteiger partial charge < -0.3 is 9.47 Å². The van der Waals surface area contributed by atoms with Gasteiger partial charge >= 0.3 is 11.9 Å². The van der Waals surface area contributed by atoms with Crippen molar-refractivity contribution in [1.29, 1.82) is 0 Å². The average molecular weight is 717 g/mol. The van der Waals surface area contributed by atoms with Crippen molar-refractivity contribution in [2.75, 3.05) is 26.2 Å². The zero-order chi connectivity index (χ0) is 17.7. The van der Waals surface area contributed by atoms with Crippen LogP contribution in [0.15, 0.2) is 0 Å². The van der Waals surface area contributed by atoms with Crippen LogP contribution in [0.5, 0.6) is 0 Å². The Hall–Kier alpha value is 1.78. The van der Waals surface area contributed by atoms with Crippen LogP contribution in [0.25, 0.3) is 0 Å². The SMILES string of the molecule is O=C(OCC(CN1CCCCC1)OC(=O)C(Br)(Br)Br)C(Br)(Br)Br. The fourth-order valence-electron chi connectivity index (χ4n) is 2.02. The maximum absolute atomic E-state index is 12.0. The molecule has 0 spiro atoms. The largest absolute Gasteiger partial charge is 0.459 e. The maximum atomic E-state index is 12.0. The summed E-state index contributed by atoms with van der Waals surface area (Å²) in [5.74, 6) is -1.10. The molecule has 0 radical (unpaired) electrons. The van der Waals surface area contributed by atoms with E-state index in [9.17, 15) is 9.59 Å². The van der Waals surface area contributed by atoms with E-state index in [-0.39, 0.29) is 6.61 Å². The average Bonchev–Trinajstić information content (AvgIpc) is 2.43. The predicted octanol–water partition coefficient (Wildman–Crippen LogP) is 4.60. The lowest BCUT2D eigenvalue weighted by molar-refractivity contribution is -0.158. The van der Waals surface area contributed by atoms with E-state index in [0.29, 0.717) is 6.54 Å². The first kappa shape index (κ1) is 22.8. The quantitative estimate of drug-likeness (QED) is 0.308. The number of carbonyl (C=O) groups excluding carboxylic acids is 2. The smallest absolute Gasteiger partial charge is 0.345 e. The van der Waals surface area contributed by atoms with Gasteiger partial charge in [0.2, 0.25) is 4.29 Å². The first-order valence-corrected chi connectivity index (χ1v) is 11.5. The molecule has 0 aromatic heterocycles. The van der Waals surface area contributed by atoms with Crippen molar-refractivity contribution < 1.29 is 19.1 Å². The third-order valence-electron chi connectivity index (χ3n) is 3.05. The van der Waals surface area contributed by atoms with Crippen LogP contribution in [0, 0.1) is 0 Å². The summed E-state index contributed by atoms with van der Waals surface area (Å²) in [6.45, 7) is 2.38. The fraction of sp³-hybridized carbons (Fsp3) is 0.833. The van der Waals surface area contributed by atoms with Crippen LogP contribution in [0.1, 0.15) is 19.3 Å². The highest BCUT2D eigenvalue weighted by atomic mass is 80.0. The Morgan fingerprint density at radius 2 is 1.43 bits per heavy atom. The molecular weight excluding hydrogens is 702 g/mol. The molecular formula is C12H15Br6NO4. The number of hydrogen-bond donors (Lipinski definition) is 0. The Bertz CT molecular complexity index is 417. The van der Waals surface area contributed by atoms with Gasteiger partial charge in [-0.3, -0.25) is 4.90 Å². The molecule has 1 fully saturated rings. The van der Waals surface area contributed by atoms with Crippen LogP contribution in [-0.4, -0.2) is 53.5 Å². The minimum Gasteiger partial charge on any atom is -0.459 e. The van der Waals surface area contributed by atoms with Crippen LogP contribution in [0.4, 0.5) is 0 Å². The maximum Gasteiger partial charge on any atom is 0.345 e. The van der Waals surface area contributed by atoms with Gasteiger partial charge in [0.05, 0.1) is 0 Å². The summed E-state index contributed by atoms with van der Waals surface area (Å²) >= 11 is 18.7. The van der Waals surface area contributed by atoms with E-state index >= 15 is 0 Å². The summed E-state index contributed by atoms with van der Waals surface area (Å²) in [6.07, 6.45) is 2.88. The number of piperidine rings is 1. The molecule has 1 aliphatic rings. The van der Waals surface area contributed by atoms with Gasteiger partial charge in [-0.15, -0.1) is 0 Å². The van der Waals surface area contributed by atoms with Gasteiger partial charge in [-0.2, -0.15) is 0 Å². The van der Waals surface area contributed by atoms with Crippen molar-refractivity contribution in [1.82, 2.24) is 4.90 Å². The van der Waals surface area contributed by atoms with E-state index in [2.05, 4.69) is 100 Å². The lowest BCUT2D eigenvalue weighted by Crippen LogP contribution is -2.42. The Kier molecular flexibility index (Phi) is 10.1. The summed E-state index contributed by atoms with van der Waals surface area (Å²) in [5, 5.41) is 0. The molecule has 23 heavy (non-hydrogen) atoms. The molecule has 0 aliphatic carbocycles. The van der Waals surface area contributed by atoms with E-state index in [1.165, 1.54) is 6.42 Å². The molecule has 11 heteroatoms. The number of rotatable bonds is 5. The number of nitrogens with zero attached hydrogens (tertiary/aromatic N) is 1. The summed E-state index contributed by atoms with van der Waals surface area (Å²) < 4.78 is 8.34. The molecule has 0 amide bonds. The number of alkyl halides is 6. The molecule has 1 saturated heterocycles. The Balaban J connectivity index is 2.63. The number of carbonyl (C=O) groups is 2. The second-order valence-electron chi connectivity index (χ2n) is 4.98. The summed E-state index contributed by atoms with van der Waals surface area (Å²) in [4.78, 5) is 26.0. The predicted molar refractivity (Wildman–Crippen MR) is 110 cm³/mol. The van der Waals surface area contributed by atoms with Gasteiger partial charge in [-0.1, -0.05) is 6.42 Å². The first-order valence-electron chi connectivity index (χ1n) is 6.74. The molecule has 1 rings (SSSR count). The second kappa shape index (κ2) is 10.2. The van der Waals surface area contributed by atoms with Crippen LogP contribution >= 0.6 is 95.6 Å². The fourth-order valence-corrected chi connectivity index (χ4v) is 2.65. The third kappa shape index (κ3) is 9.33. The minimum atomic E-state index is -1.15. The molecule has 1 aliphatic heterocycles. The second-order valence-corrected chi connectivity index (χ2v) is 18.5. The molecule has 5 nitrogen and oxygen atoms in total. The zero-order valence-electron chi connectivity index (χ0n) is 11.9. The number of esters is 2. The molecule has 1 unspecified atom stereocenters. The van der Waals surface area contributed by atoms with Gasteiger partial charge in [-0.05, 0) is 122 Å². The number of ether oxygens (including phenoxy) is 2. The van der Waals surface area contributed by atoms with Crippen molar-refractivity contribution in [3.05, 3.63) is 0 Å². The normalized spacial score (nSPS) is 18.3. The topological polar surface area (TPSA) is 55.8 Å². The summed E-state index contributed by atoms with van der Waals surface area (Å²) in [6, 6.07) is 0. The minimum absolute atomic E-state index is 0.0330. The van der Waals surface area contributed by atoms with Crippen molar-refractivity contribution in [2.24, 2.45) is 0 Å². The summed E-state index contributed by atoms with van der Waals surface area (Å²) in [5.41, 5.74) is 0. The number of halogens is 6. The lowest BCUT2D eigenvalue weighted by Gasteiger charge is -2.30. The Labute approximate surface area is 185 Å². The zero-order valence-corrected chi connectivity index (χ0v) is 21.4. The molecule has 0 aromatic rings. The van der Waals surface area contributed by atoms with Gasteiger partial charge in [0.15, 0.2) is 0 Å². The standard InChI is InChI=1S/C12H15Br6NO4/c13-11(14,15)9(20)22-7-8(23-10(21)12(16,17)18)6-19-4-2-1-3-5-19/h8H,1-7H2. The van der Waals surface area contributed by atoms with Crippen molar-refractivity contribution in [3.8, 4) is 0 Å². The monoisotopic (exact) mass is 711 g/mol. The Morgan fingerprint density at radius 1 is 0.913 bits per heavy atom. The molecule has 134 valence electrons. The highest BCUT2D eigenvalue weighted by Crippen LogP contribution is 2.36. The van der Waals surface area contributed by atoms with E-state index in [4.69, 9.17) is 9.47 Å². The summed E-state index contributed by atoms with van der Waals surface area (Å²) in [7, 11) is 0. The molecule has 0 N–H and O–H groups in total. The third-order valence-corrected chi connectivity index (χ3v) is 4.99. The molecule has 0 bridgehead atoms. The molecule has 0 saturated carbocycles. The molecule has 1 heterocycles. The van der Waals surface area contributed by atoms with E-state index in [1.54, 1.807) is 0 Å². The molecule has 0 aromatic carbocycles. The van der Waals surface area contributed by atoms with Crippen LogP contribution in [-0.2, 0) is 19.1 Å². The van der Waals surface area contributed by atoms with Crippen LogP contribution in [0.2, 0.25) is 0 Å². The molecule has 1 atom stereocenters. The van der Waals surface area contributed by atoms with Crippen LogP contribution in [0.3, 0.4) is 0 Å². The first-order chi connectivity index (χ1) is 10.5. The Morgan fingerprint density at radius 3 is 1.91 bits per heavy atom. The lowest BCUT2D eigenvalue weighted by atomic mass is 10.1. The highest BCUT2D eigenvalue weighted by molar-refractivity contribution is 9.40. The van der Waals surface area contributed by atoms with E-state index in [1.807, 2.05) is 0 Å². The van der Waals surface area contributed by atoms with E-state index < -0.39 is 22.3 Å². The van der Waals surface area contributed by atoms with Gasteiger partial charge in [-0.25, -0.2) is 9.59 Å². The van der Waals surface area contributed by atoms with Crippen molar-refractivity contribution in [2.45, 2.75) is 29.7 Å². The van der Waals surface area contributed by atoms with Crippen LogP contribution < -0.4 is 0 Å². The van der Waals surface area contributed by atoms with Gasteiger partial charge in [0.1, 0.15) is 12.7 Å². The van der Waals surface area contributed by atoms with E-state index in [0.717, 1.165) is 25.9 Å². The van der Waals surface area contributed by atoms with Gasteiger partial charge in [0.25, 0.3) is 0 Å². The van der Waals surface area contributed by atoms with Gasteiger partial charge in [0, 0.05) is 6.54 Å². The number of hydrogen-bond acceptors (Lipinski definition) is 5. The number of likely N-dealkylation sites (tertiary alicyclic amines) is 1. The highest BCUT2D eigenvalue weighted by Gasteiger charge is 2.35. The van der Waals surface area contributed by atoms with Crippen molar-refractivity contribution >= 4 is 108 Å².